The van der Waals surface area contributed by atoms with E-state index in [0.717, 1.165) is 0 Å². The zero-order chi connectivity index (χ0) is 14.0. The highest BCUT2D eigenvalue weighted by atomic mass is 35.5. The van der Waals surface area contributed by atoms with Crippen LogP contribution >= 0.6 is 23.2 Å². The number of furan rings is 1. The van der Waals surface area contributed by atoms with Crippen molar-refractivity contribution in [1.82, 2.24) is 4.90 Å². The Labute approximate surface area is 119 Å². The Morgan fingerprint density at radius 2 is 2.11 bits per heavy atom. The maximum atomic E-state index is 13.6. The second kappa shape index (κ2) is 5.63. The molecule has 6 heteroatoms. The Balaban J connectivity index is 2.20. The van der Waals surface area contributed by atoms with E-state index in [4.69, 9.17) is 27.6 Å². The minimum Gasteiger partial charge on any atom is -0.452 e. The molecule has 0 aliphatic rings. The Morgan fingerprint density at radius 3 is 2.68 bits per heavy atom. The summed E-state index contributed by atoms with van der Waals surface area (Å²) < 4.78 is 18.5. The van der Waals surface area contributed by atoms with Gasteiger partial charge in [0.25, 0.3) is 5.91 Å². The standard InChI is InChI=1S/C13H10Cl2FNO2/c1-17(13(18)8-5-6-19-12(8)15)7-9-10(14)3-2-4-11(9)16/h2-6H,7H2,1H3. The topological polar surface area (TPSA) is 33.5 Å². The van der Waals surface area contributed by atoms with Gasteiger partial charge in [-0.25, -0.2) is 4.39 Å². The van der Waals surface area contributed by atoms with Gasteiger partial charge < -0.3 is 9.32 Å². The van der Waals surface area contributed by atoms with E-state index >= 15 is 0 Å². The van der Waals surface area contributed by atoms with Gasteiger partial charge >= 0.3 is 0 Å². The first-order valence-corrected chi connectivity index (χ1v) is 6.17. The fourth-order valence-electron chi connectivity index (χ4n) is 1.64. The molecule has 0 saturated heterocycles. The van der Waals surface area contributed by atoms with E-state index in [2.05, 4.69) is 0 Å². The molecule has 2 rings (SSSR count). The van der Waals surface area contributed by atoms with Gasteiger partial charge in [0.15, 0.2) is 0 Å². The maximum Gasteiger partial charge on any atom is 0.258 e. The number of carbonyl (C=O) groups excluding carboxylic acids is 1. The van der Waals surface area contributed by atoms with E-state index in [9.17, 15) is 9.18 Å². The van der Waals surface area contributed by atoms with Gasteiger partial charge in [0.2, 0.25) is 5.22 Å². The monoisotopic (exact) mass is 301 g/mol. The minimum absolute atomic E-state index is 0.0106. The number of rotatable bonds is 3. The Morgan fingerprint density at radius 1 is 1.37 bits per heavy atom. The van der Waals surface area contributed by atoms with Crippen molar-refractivity contribution in [2.45, 2.75) is 6.54 Å². The highest BCUT2D eigenvalue weighted by molar-refractivity contribution is 6.32. The Bertz CT molecular complexity index is 592. The van der Waals surface area contributed by atoms with Gasteiger partial charge in [-0.15, -0.1) is 0 Å². The van der Waals surface area contributed by atoms with Crippen molar-refractivity contribution >= 4 is 29.1 Å². The van der Waals surface area contributed by atoms with Crippen LogP contribution in [-0.4, -0.2) is 17.9 Å². The molecule has 0 unspecified atom stereocenters. The van der Waals surface area contributed by atoms with Crippen LogP contribution in [0.4, 0.5) is 4.39 Å². The third kappa shape index (κ3) is 2.91. The van der Waals surface area contributed by atoms with Crippen molar-refractivity contribution < 1.29 is 13.6 Å². The first kappa shape index (κ1) is 13.9. The lowest BCUT2D eigenvalue weighted by molar-refractivity contribution is 0.0783. The molecule has 0 aliphatic carbocycles. The first-order valence-electron chi connectivity index (χ1n) is 5.42. The van der Waals surface area contributed by atoms with Gasteiger partial charge in [-0.2, -0.15) is 0 Å². The van der Waals surface area contributed by atoms with Crippen molar-refractivity contribution in [3.63, 3.8) is 0 Å². The fourth-order valence-corrected chi connectivity index (χ4v) is 2.06. The van der Waals surface area contributed by atoms with Crippen LogP contribution in [0.15, 0.2) is 34.9 Å². The van der Waals surface area contributed by atoms with E-state index in [0.29, 0.717) is 0 Å². The van der Waals surface area contributed by atoms with E-state index in [1.807, 2.05) is 0 Å². The maximum absolute atomic E-state index is 13.6. The van der Waals surface area contributed by atoms with Crippen molar-refractivity contribution in [3.8, 4) is 0 Å². The van der Waals surface area contributed by atoms with E-state index in [1.165, 1.54) is 36.4 Å². The van der Waals surface area contributed by atoms with Crippen LogP contribution < -0.4 is 0 Å². The molecule has 0 radical (unpaired) electrons. The van der Waals surface area contributed by atoms with Gasteiger partial charge in [0.1, 0.15) is 5.82 Å². The molecule has 1 aromatic carbocycles. The number of amides is 1. The fraction of sp³-hybridized carbons (Fsp3) is 0.154. The molecule has 3 nitrogen and oxygen atoms in total. The highest BCUT2D eigenvalue weighted by Crippen LogP contribution is 2.23. The smallest absolute Gasteiger partial charge is 0.258 e. The van der Waals surface area contributed by atoms with Crippen LogP contribution in [0.3, 0.4) is 0 Å². The lowest BCUT2D eigenvalue weighted by Crippen LogP contribution is -2.26. The molecule has 0 atom stereocenters. The lowest BCUT2D eigenvalue weighted by atomic mass is 10.2. The largest absolute Gasteiger partial charge is 0.452 e. The van der Waals surface area contributed by atoms with Gasteiger partial charge in [0.05, 0.1) is 11.8 Å². The SMILES string of the molecule is CN(Cc1c(F)cccc1Cl)C(=O)c1ccoc1Cl. The van der Waals surface area contributed by atoms with Gasteiger partial charge in [0, 0.05) is 24.2 Å². The van der Waals surface area contributed by atoms with E-state index < -0.39 is 5.82 Å². The summed E-state index contributed by atoms with van der Waals surface area (Å²) in [6, 6.07) is 5.84. The Kier molecular flexibility index (Phi) is 4.12. The number of halogens is 3. The van der Waals surface area contributed by atoms with Crippen LogP contribution in [0.1, 0.15) is 15.9 Å². The van der Waals surface area contributed by atoms with Crippen LogP contribution in [0, 0.1) is 5.82 Å². The molecule has 2 aromatic rings. The summed E-state index contributed by atoms with van der Waals surface area (Å²) in [4.78, 5) is 13.4. The van der Waals surface area contributed by atoms with Crippen LogP contribution in [-0.2, 0) is 6.54 Å². The molecule has 0 spiro atoms. The van der Waals surface area contributed by atoms with Crippen LogP contribution in [0.2, 0.25) is 10.2 Å². The molecule has 19 heavy (non-hydrogen) atoms. The highest BCUT2D eigenvalue weighted by Gasteiger charge is 2.19. The molecule has 0 saturated carbocycles. The summed E-state index contributed by atoms with van der Waals surface area (Å²) in [6.45, 7) is 0.0475. The van der Waals surface area contributed by atoms with Gasteiger partial charge in [-0.05, 0) is 29.8 Å². The van der Waals surface area contributed by atoms with Crippen molar-refractivity contribution in [1.29, 1.82) is 0 Å². The minimum atomic E-state index is -0.453. The summed E-state index contributed by atoms with van der Waals surface area (Å²) in [5, 5.41) is 0.287. The molecule has 1 heterocycles. The normalized spacial score (nSPS) is 10.5. The number of nitrogens with zero attached hydrogens (tertiary/aromatic N) is 1. The van der Waals surface area contributed by atoms with Gasteiger partial charge in [-0.1, -0.05) is 17.7 Å². The van der Waals surface area contributed by atoms with Crippen LogP contribution in [0.25, 0.3) is 0 Å². The zero-order valence-electron chi connectivity index (χ0n) is 9.99. The number of benzene rings is 1. The van der Waals surface area contributed by atoms with E-state index in [-0.39, 0.29) is 33.8 Å². The van der Waals surface area contributed by atoms with Crippen molar-refractivity contribution in [2.24, 2.45) is 0 Å². The predicted molar refractivity (Wildman–Crippen MR) is 70.9 cm³/mol. The molecular weight excluding hydrogens is 292 g/mol. The lowest BCUT2D eigenvalue weighted by Gasteiger charge is -2.17. The number of hydrogen-bond donors (Lipinski definition) is 0. The van der Waals surface area contributed by atoms with Crippen LogP contribution in [0.5, 0.6) is 0 Å². The molecule has 0 N–H and O–H groups in total. The summed E-state index contributed by atoms with van der Waals surface area (Å²) in [7, 11) is 1.54. The molecule has 1 amide bonds. The summed E-state index contributed by atoms with van der Waals surface area (Å²) in [5.74, 6) is -0.816. The van der Waals surface area contributed by atoms with Crippen molar-refractivity contribution in [3.05, 3.63) is 57.7 Å². The zero-order valence-corrected chi connectivity index (χ0v) is 11.5. The molecular formula is C13H10Cl2FNO2. The molecule has 100 valence electrons. The Hall–Kier alpha value is -1.52. The quantitative estimate of drug-likeness (QED) is 0.858. The number of hydrogen-bond acceptors (Lipinski definition) is 2. The summed E-state index contributed by atoms with van der Waals surface area (Å²) in [5.41, 5.74) is 0.497. The third-order valence-corrected chi connectivity index (χ3v) is 3.30. The molecule has 0 fully saturated rings. The summed E-state index contributed by atoms with van der Waals surface area (Å²) in [6.07, 6.45) is 1.32. The third-order valence-electron chi connectivity index (χ3n) is 2.65. The average molecular weight is 302 g/mol. The van der Waals surface area contributed by atoms with Crippen molar-refractivity contribution in [2.75, 3.05) is 7.05 Å². The molecule has 0 aliphatic heterocycles. The van der Waals surface area contributed by atoms with E-state index in [1.54, 1.807) is 6.07 Å². The van der Waals surface area contributed by atoms with Gasteiger partial charge in [-0.3, -0.25) is 4.79 Å². The number of carbonyl (C=O) groups is 1. The molecule has 0 bridgehead atoms. The summed E-state index contributed by atoms with van der Waals surface area (Å²) >= 11 is 11.6. The second-order valence-corrected chi connectivity index (χ2v) is 4.72. The predicted octanol–water partition coefficient (Wildman–Crippen LogP) is 4.00. The average Bonchev–Trinajstić information content (AvgIpc) is 2.79. The first-order chi connectivity index (χ1) is 9.00. The molecule has 1 aromatic heterocycles. The second-order valence-electron chi connectivity index (χ2n) is 3.97.